The Morgan fingerprint density at radius 2 is 1.67 bits per heavy atom. The monoisotopic (exact) mass is 318 g/mol. The van der Waals surface area contributed by atoms with Gasteiger partial charge in [0.1, 0.15) is 6.10 Å². The highest BCUT2D eigenvalue weighted by molar-refractivity contribution is 6.36. The molecule has 0 aliphatic rings. The molecule has 0 aliphatic heterocycles. The number of ether oxygens (including phenoxy) is 1. The van der Waals surface area contributed by atoms with Crippen LogP contribution in [-0.4, -0.2) is 41.4 Å². The molecule has 0 heterocycles. The quantitative estimate of drug-likeness (QED) is 0.213. The number of carbonyl (C=O) groups excluding carboxylic acids is 1. The van der Waals surface area contributed by atoms with Crippen molar-refractivity contribution in [3.63, 3.8) is 0 Å². The van der Waals surface area contributed by atoms with Gasteiger partial charge in [-0.05, 0) is 19.3 Å². The molecule has 0 radical (unpaired) electrons. The number of rotatable bonds is 14. The molecule has 0 saturated carbocycles. The molecule has 1 unspecified atom stereocenters. The molecule has 0 fully saturated rings. The summed E-state index contributed by atoms with van der Waals surface area (Å²) < 4.78 is 22.3. The van der Waals surface area contributed by atoms with Gasteiger partial charge in [0.15, 0.2) is 0 Å². The van der Waals surface area contributed by atoms with Gasteiger partial charge in [-0.25, -0.2) is 4.79 Å². The first kappa shape index (κ1) is 20.3. The Morgan fingerprint density at radius 1 is 1.10 bits per heavy atom. The minimum absolute atomic E-state index is 0.282. The van der Waals surface area contributed by atoms with Crippen molar-refractivity contribution in [2.75, 3.05) is 19.8 Å². The van der Waals surface area contributed by atoms with Crippen LogP contribution in [0.2, 0.25) is 0 Å². The van der Waals surface area contributed by atoms with Gasteiger partial charge in [-0.2, -0.15) is 0 Å². The highest BCUT2D eigenvalue weighted by Crippen LogP contribution is 2.04. The fourth-order valence-electron chi connectivity index (χ4n) is 1.43. The molecule has 0 spiro atoms. The normalized spacial score (nSPS) is 12.4. The lowest BCUT2D eigenvalue weighted by atomic mass is 10.3. The zero-order chi connectivity index (χ0) is 15.9. The van der Waals surface area contributed by atoms with E-state index >= 15 is 0 Å². The summed E-state index contributed by atoms with van der Waals surface area (Å²) in [7, 11) is -2.14. The molecule has 1 atom stereocenters. The van der Waals surface area contributed by atoms with E-state index in [4.69, 9.17) is 18.0 Å². The maximum atomic E-state index is 11.2. The van der Waals surface area contributed by atoms with E-state index in [1.165, 1.54) is 0 Å². The van der Waals surface area contributed by atoms with Crippen LogP contribution in [0.5, 0.6) is 0 Å². The molecule has 0 N–H and O–H groups in total. The molecule has 0 saturated heterocycles. The first-order valence-corrected chi connectivity index (χ1v) is 9.27. The van der Waals surface area contributed by atoms with Crippen LogP contribution in [0.15, 0.2) is 12.7 Å². The van der Waals surface area contributed by atoms with Crippen molar-refractivity contribution in [1.29, 1.82) is 0 Å². The first-order valence-electron chi connectivity index (χ1n) is 7.85. The van der Waals surface area contributed by atoms with Crippen LogP contribution in [-0.2, 0) is 22.8 Å². The van der Waals surface area contributed by atoms with Gasteiger partial charge in [-0.1, -0.05) is 40.2 Å². The summed E-state index contributed by atoms with van der Waals surface area (Å²) >= 11 is 0. The van der Waals surface area contributed by atoms with Crippen LogP contribution in [0.4, 0.5) is 0 Å². The number of hydrogen-bond donors (Lipinski definition) is 0. The third-order valence-electron chi connectivity index (χ3n) is 2.83. The van der Waals surface area contributed by atoms with Crippen molar-refractivity contribution < 1.29 is 22.8 Å². The fourth-order valence-corrected chi connectivity index (χ4v) is 2.80. The van der Waals surface area contributed by atoms with Crippen molar-refractivity contribution in [3.8, 4) is 0 Å². The minimum atomic E-state index is -2.14. The molecule has 0 amide bonds. The second-order valence-electron chi connectivity index (χ2n) is 4.74. The average Bonchev–Trinajstić information content (AvgIpc) is 2.50. The van der Waals surface area contributed by atoms with Crippen molar-refractivity contribution in [3.05, 3.63) is 12.7 Å². The molecule has 5 nitrogen and oxygen atoms in total. The molecule has 6 heteroatoms. The van der Waals surface area contributed by atoms with Gasteiger partial charge in [-0.3, -0.25) is 0 Å². The van der Waals surface area contributed by atoms with Crippen molar-refractivity contribution in [2.45, 2.75) is 59.0 Å². The summed E-state index contributed by atoms with van der Waals surface area (Å²) in [6.45, 7) is 11.2. The molecule has 0 rings (SSSR count). The van der Waals surface area contributed by atoms with Crippen LogP contribution in [0.25, 0.3) is 0 Å². The highest BCUT2D eigenvalue weighted by atomic mass is 28.3. The van der Waals surface area contributed by atoms with E-state index in [0.717, 1.165) is 31.8 Å². The van der Waals surface area contributed by atoms with Crippen LogP contribution in [0.1, 0.15) is 52.9 Å². The smallest absolute Gasteiger partial charge is 0.457 e. The fraction of sp³-hybridized carbons (Fsp3) is 0.800. The predicted molar refractivity (Wildman–Crippen MR) is 85.2 cm³/mol. The third-order valence-corrected chi connectivity index (χ3v) is 4.31. The molecular formula is C15H30O5Si. The molecule has 0 bridgehead atoms. The Morgan fingerprint density at radius 3 is 2.10 bits per heavy atom. The van der Waals surface area contributed by atoms with Gasteiger partial charge >= 0.3 is 15.5 Å². The van der Waals surface area contributed by atoms with Crippen LogP contribution in [0.3, 0.4) is 0 Å². The number of hydrogen-bond acceptors (Lipinski definition) is 5. The van der Waals surface area contributed by atoms with Crippen molar-refractivity contribution in [2.24, 2.45) is 0 Å². The average molecular weight is 318 g/mol. The van der Waals surface area contributed by atoms with E-state index in [1.807, 2.05) is 6.92 Å². The lowest BCUT2D eigenvalue weighted by molar-refractivity contribution is -0.145. The van der Waals surface area contributed by atoms with E-state index in [0.29, 0.717) is 26.2 Å². The van der Waals surface area contributed by atoms with E-state index in [-0.39, 0.29) is 6.10 Å². The standard InChI is InChI=1S/C15H30O5Si/c1-5-9-11-17-21(18-12-10-6-2)19-13-14(7-3)20-15(16)8-4/h8,14,21H,4-7,9-13H2,1-3H3. The van der Waals surface area contributed by atoms with Gasteiger partial charge in [0.25, 0.3) is 0 Å². The minimum Gasteiger partial charge on any atom is -0.457 e. The molecular weight excluding hydrogens is 288 g/mol. The Hall–Kier alpha value is -0.693. The van der Waals surface area contributed by atoms with Gasteiger partial charge in [0.2, 0.25) is 0 Å². The Kier molecular flexibility index (Phi) is 13.8. The van der Waals surface area contributed by atoms with Gasteiger partial charge in [0.05, 0.1) is 6.61 Å². The molecule has 124 valence electrons. The van der Waals surface area contributed by atoms with Gasteiger partial charge < -0.3 is 18.0 Å². The van der Waals surface area contributed by atoms with E-state index in [9.17, 15) is 4.79 Å². The van der Waals surface area contributed by atoms with Gasteiger partial charge in [-0.15, -0.1) is 0 Å². The van der Waals surface area contributed by atoms with Crippen molar-refractivity contribution >= 4 is 15.5 Å². The van der Waals surface area contributed by atoms with E-state index in [2.05, 4.69) is 20.4 Å². The summed E-state index contributed by atoms with van der Waals surface area (Å²) in [4.78, 5) is 11.2. The Labute approximate surface area is 130 Å². The van der Waals surface area contributed by atoms with Crippen LogP contribution in [0, 0.1) is 0 Å². The topological polar surface area (TPSA) is 54.0 Å². The number of esters is 1. The second kappa shape index (κ2) is 14.3. The summed E-state index contributed by atoms with van der Waals surface area (Å²) in [5.41, 5.74) is 0. The lowest BCUT2D eigenvalue weighted by Gasteiger charge is -2.20. The van der Waals surface area contributed by atoms with E-state index < -0.39 is 15.5 Å². The maximum Gasteiger partial charge on any atom is 0.484 e. The third kappa shape index (κ3) is 11.6. The Bertz CT molecular complexity index is 263. The largest absolute Gasteiger partial charge is 0.484 e. The molecule has 0 aromatic carbocycles. The first-order chi connectivity index (χ1) is 10.2. The zero-order valence-corrected chi connectivity index (χ0v) is 14.8. The Balaban J connectivity index is 4.14. The molecule has 0 aliphatic carbocycles. The van der Waals surface area contributed by atoms with E-state index in [1.54, 1.807) is 0 Å². The summed E-state index contributed by atoms with van der Waals surface area (Å²) in [5, 5.41) is 0. The highest BCUT2D eigenvalue weighted by Gasteiger charge is 2.19. The van der Waals surface area contributed by atoms with Crippen molar-refractivity contribution in [1.82, 2.24) is 0 Å². The SMILES string of the molecule is C=CC(=O)OC(CC)CO[SiH](OCCCC)OCCCC. The van der Waals surface area contributed by atoms with Crippen LogP contribution >= 0.6 is 0 Å². The second-order valence-corrected chi connectivity index (χ2v) is 6.32. The molecule has 0 aromatic rings. The molecule has 21 heavy (non-hydrogen) atoms. The number of unbranched alkanes of at least 4 members (excludes halogenated alkanes) is 2. The predicted octanol–water partition coefficient (Wildman–Crippen LogP) is 2.86. The van der Waals surface area contributed by atoms with Crippen LogP contribution < -0.4 is 0 Å². The maximum absolute atomic E-state index is 11.2. The van der Waals surface area contributed by atoms with Gasteiger partial charge in [0, 0.05) is 19.3 Å². The summed E-state index contributed by atoms with van der Waals surface area (Å²) in [6.07, 6.45) is 5.70. The molecule has 0 aromatic heterocycles. The summed E-state index contributed by atoms with van der Waals surface area (Å²) in [5.74, 6) is -0.428. The number of carbonyl (C=O) groups is 1. The lowest BCUT2D eigenvalue weighted by Crippen LogP contribution is -2.33. The summed E-state index contributed by atoms with van der Waals surface area (Å²) in [6, 6.07) is 0. The zero-order valence-electron chi connectivity index (χ0n) is 13.6.